The van der Waals surface area contributed by atoms with Gasteiger partial charge in [0.05, 0.1) is 47.3 Å². The third-order valence-corrected chi connectivity index (χ3v) is 8.09. The van der Waals surface area contributed by atoms with Crippen molar-refractivity contribution < 1.29 is 33.3 Å². The summed E-state index contributed by atoms with van der Waals surface area (Å²) < 4.78 is 27.8. The van der Waals surface area contributed by atoms with Gasteiger partial charge >= 0.3 is 0 Å². The molecule has 0 fully saturated rings. The normalized spacial score (nSPS) is 14.2. The Morgan fingerprint density at radius 3 is 2.15 bits per heavy atom. The topological polar surface area (TPSA) is 133 Å². The average molecular weight is 634 g/mol. The molecule has 2 atom stereocenters. The number of nitrogens with one attached hydrogen (secondary N) is 3. The van der Waals surface area contributed by atoms with Crippen LogP contribution in [0.2, 0.25) is 0 Å². The number of anilines is 1. The summed E-state index contributed by atoms with van der Waals surface area (Å²) in [6, 6.07) is 11.2. The van der Waals surface area contributed by atoms with Gasteiger partial charge in [-0.1, -0.05) is 26.0 Å². The third-order valence-electron chi connectivity index (χ3n) is 8.09. The maximum absolute atomic E-state index is 13.8. The van der Waals surface area contributed by atoms with Gasteiger partial charge < -0.3 is 39.6 Å². The van der Waals surface area contributed by atoms with Gasteiger partial charge in [0.25, 0.3) is 0 Å². The molecule has 2 amide bonds. The Balaban J connectivity index is 1.75. The Bertz CT molecular complexity index is 1660. The van der Waals surface area contributed by atoms with E-state index in [2.05, 4.69) is 16.0 Å². The molecule has 0 bridgehead atoms. The Labute approximate surface area is 269 Å². The van der Waals surface area contributed by atoms with Crippen LogP contribution in [0.15, 0.2) is 47.3 Å². The van der Waals surface area contributed by atoms with E-state index in [0.717, 1.165) is 16.7 Å². The van der Waals surface area contributed by atoms with Crippen molar-refractivity contribution in [3.05, 3.63) is 69.4 Å². The molecule has 1 aliphatic carbocycles. The van der Waals surface area contributed by atoms with Crippen LogP contribution in [0.1, 0.15) is 49.9 Å². The number of ether oxygens (including phenoxy) is 5. The quantitative estimate of drug-likeness (QED) is 0.261. The molecule has 0 saturated carbocycles. The van der Waals surface area contributed by atoms with Gasteiger partial charge in [0, 0.05) is 19.0 Å². The molecule has 46 heavy (non-hydrogen) atoms. The van der Waals surface area contributed by atoms with E-state index in [1.165, 1.54) is 20.1 Å². The second-order valence-electron chi connectivity index (χ2n) is 11.4. The Hall–Kier alpha value is -4.93. The summed E-state index contributed by atoms with van der Waals surface area (Å²) in [7, 11) is 7.77. The highest BCUT2D eigenvalue weighted by molar-refractivity contribution is 5.86. The van der Waals surface area contributed by atoms with Gasteiger partial charge in [0.2, 0.25) is 23.0 Å². The number of amides is 2. The number of hydrogen-bond donors (Lipinski definition) is 3. The van der Waals surface area contributed by atoms with E-state index in [9.17, 15) is 14.4 Å². The summed E-state index contributed by atoms with van der Waals surface area (Å²) >= 11 is 0. The van der Waals surface area contributed by atoms with Crippen LogP contribution in [0.25, 0.3) is 11.1 Å². The molecule has 0 radical (unpaired) electrons. The minimum Gasteiger partial charge on any atom is -0.493 e. The molecule has 0 spiro atoms. The summed E-state index contributed by atoms with van der Waals surface area (Å²) in [6.07, 6.45) is 1.13. The summed E-state index contributed by atoms with van der Waals surface area (Å²) in [6.45, 7) is 5.52. The Kier molecular flexibility index (Phi) is 11.0. The monoisotopic (exact) mass is 633 g/mol. The maximum atomic E-state index is 13.8. The van der Waals surface area contributed by atoms with E-state index in [1.54, 1.807) is 46.6 Å². The summed E-state index contributed by atoms with van der Waals surface area (Å²) in [5.74, 6) is 1.92. The number of fused-ring (bicyclic) bond motifs is 3. The molecule has 4 rings (SSSR count). The minimum atomic E-state index is -0.715. The lowest BCUT2D eigenvalue weighted by molar-refractivity contribution is -0.123. The van der Waals surface area contributed by atoms with Crippen molar-refractivity contribution in [3.63, 3.8) is 0 Å². The van der Waals surface area contributed by atoms with Gasteiger partial charge in [-0.15, -0.1) is 0 Å². The zero-order valence-corrected chi connectivity index (χ0v) is 27.7. The van der Waals surface area contributed by atoms with E-state index in [4.69, 9.17) is 23.7 Å². The highest BCUT2D eigenvalue weighted by Crippen LogP contribution is 2.50. The summed E-state index contributed by atoms with van der Waals surface area (Å²) in [5.41, 5.74) is 3.76. The van der Waals surface area contributed by atoms with Crippen molar-refractivity contribution in [2.75, 3.05) is 40.9 Å². The molecular formula is C35H43N3O8. The molecule has 1 aliphatic rings. The van der Waals surface area contributed by atoms with Crippen LogP contribution in [-0.4, -0.2) is 53.4 Å². The van der Waals surface area contributed by atoms with Crippen LogP contribution < -0.4 is 45.1 Å². The molecule has 11 nitrogen and oxygen atoms in total. The van der Waals surface area contributed by atoms with Gasteiger partial charge in [0.1, 0.15) is 6.04 Å². The molecule has 246 valence electrons. The standard InChI is InChI=1S/C35H43N3O8/c1-19(2)32(35(41)36-18-21-9-14-28(42-4)29(15-21)43-5)38-26-13-11-23-24(17-27(26)40)25(37-20(3)39)12-10-22-16-30(44-6)33(45-7)34(46-8)31(22)23/h9,11,13-17,19,25,32H,10,12,18H2,1-8H3,(H,36,41)(H,37,39)(H,38,40). The van der Waals surface area contributed by atoms with Crippen molar-refractivity contribution in [2.45, 2.75) is 52.2 Å². The zero-order chi connectivity index (χ0) is 33.5. The van der Waals surface area contributed by atoms with Crippen LogP contribution in [0.5, 0.6) is 28.7 Å². The number of carbonyl (C=O) groups excluding carboxylic acids is 2. The summed E-state index contributed by atoms with van der Waals surface area (Å²) in [4.78, 5) is 39.5. The van der Waals surface area contributed by atoms with Gasteiger partial charge in [-0.25, -0.2) is 0 Å². The molecule has 3 aromatic carbocycles. The molecular weight excluding hydrogens is 590 g/mol. The molecule has 0 saturated heterocycles. The lowest BCUT2D eigenvalue weighted by atomic mass is 9.95. The smallest absolute Gasteiger partial charge is 0.243 e. The molecule has 0 aromatic heterocycles. The highest BCUT2D eigenvalue weighted by Gasteiger charge is 2.30. The van der Waals surface area contributed by atoms with E-state index >= 15 is 0 Å². The average Bonchev–Trinajstić information content (AvgIpc) is 3.28. The molecule has 0 aliphatic heterocycles. The maximum Gasteiger partial charge on any atom is 0.243 e. The van der Waals surface area contributed by atoms with Crippen LogP contribution in [0.4, 0.5) is 5.69 Å². The number of hydrogen-bond acceptors (Lipinski definition) is 9. The van der Waals surface area contributed by atoms with E-state index in [0.29, 0.717) is 52.7 Å². The lowest BCUT2D eigenvalue weighted by Crippen LogP contribution is -2.43. The highest BCUT2D eigenvalue weighted by atomic mass is 16.5. The van der Waals surface area contributed by atoms with Crippen molar-refractivity contribution in [1.82, 2.24) is 10.6 Å². The number of benzene rings is 2. The molecule has 3 N–H and O–H groups in total. The van der Waals surface area contributed by atoms with Crippen molar-refractivity contribution >= 4 is 17.5 Å². The number of rotatable bonds is 12. The number of carbonyl (C=O) groups is 2. The van der Waals surface area contributed by atoms with Gasteiger partial charge in [0.15, 0.2) is 23.0 Å². The lowest BCUT2D eigenvalue weighted by Gasteiger charge is -2.22. The predicted octanol–water partition coefficient (Wildman–Crippen LogP) is 4.63. The second-order valence-corrected chi connectivity index (χ2v) is 11.4. The van der Waals surface area contributed by atoms with Crippen LogP contribution in [-0.2, 0) is 22.6 Å². The first-order valence-electron chi connectivity index (χ1n) is 15.1. The van der Waals surface area contributed by atoms with Crippen LogP contribution in [0, 0.1) is 5.92 Å². The Morgan fingerprint density at radius 1 is 0.848 bits per heavy atom. The first-order valence-corrected chi connectivity index (χ1v) is 15.1. The fourth-order valence-electron chi connectivity index (χ4n) is 5.82. The molecule has 11 heteroatoms. The minimum absolute atomic E-state index is 0.155. The third kappa shape index (κ3) is 7.14. The molecule has 0 heterocycles. The van der Waals surface area contributed by atoms with Crippen molar-refractivity contribution in [3.8, 4) is 39.9 Å². The SMILES string of the molecule is COc1ccc(CNC(=O)C(Nc2ccc3c(cc2=O)C(NC(C)=O)CCc2cc(OC)c(OC)c(OC)c2-3)C(C)C)cc1OC. The van der Waals surface area contributed by atoms with Crippen LogP contribution in [0.3, 0.4) is 0 Å². The number of methoxy groups -OCH3 is 5. The first kappa shape index (κ1) is 34.0. The predicted molar refractivity (Wildman–Crippen MR) is 176 cm³/mol. The molecule has 2 unspecified atom stereocenters. The van der Waals surface area contributed by atoms with Crippen LogP contribution >= 0.6 is 0 Å². The van der Waals surface area contributed by atoms with Crippen molar-refractivity contribution in [2.24, 2.45) is 5.92 Å². The second kappa shape index (κ2) is 14.9. The fourth-order valence-corrected chi connectivity index (χ4v) is 5.82. The fraction of sp³-hybridized carbons (Fsp3) is 0.400. The number of aryl methyl sites for hydroxylation is 1. The molecule has 3 aromatic rings. The Morgan fingerprint density at radius 2 is 1.54 bits per heavy atom. The van der Waals surface area contributed by atoms with E-state index < -0.39 is 12.1 Å². The van der Waals surface area contributed by atoms with E-state index in [-0.39, 0.29) is 35.4 Å². The van der Waals surface area contributed by atoms with Crippen molar-refractivity contribution in [1.29, 1.82) is 0 Å². The largest absolute Gasteiger partial charge is 0.493 e. The summed E-state index contributed by atoms with van der Waals surface area (Å²) in [5, 5.41) is 9.18. The van der Waals surface area contributed by atoms with E-state index in [1.807, 2.05) is 32.0 Å². The van der Waals surface area contributed by atoms with Gasteiger partial charge in [-0.2, -0.15) is 0 Å². The van der Waals surface area contributed by atoms with Gasteiger partial charge in [-0.3, -0.25) is 14.4 Å². The first-order chi connectivity index (χ1) is 22.1. The van der Waals surface area contributed by atoms with Gasteiger partial charge in [-0.05, 0) is 71.3 Å². The zero-order valence-electron chi connectivity index (χ0n) is 27.7.